The lowest BCUT2D eigenvalue weighted by molar-refractivity contribution is -0.114. The Labute approximate surface area is 144 Å². The van der Waals surface area contributed by atoms with Crippen LogP contribution in [0.3, 0.4) is 0 Å². The molecule has 3 rings (SSSR count). The normalized spacial score (nSPS) is 11.5. The summed E-state index contributed by atoms with van der Waals surface area (Å²) in [6.07, 6.45) is 0. The summed E-state index contributed by atoms with van der Waals surface area (Å²) >= 11 is 0. The third-order valence-corrected chi connectivity index (χ3v) is 3.60. The molecule has 3 aromatic rings. The summed E-state index contributed by atoms with van der Waals surface area (Å²) in [5.74, 6) is -0.855. The average Bonchev–Trinajstić information content (AvgIpc) is 2.55. The lowest BCUT2D eigenvalue weighted by Crippen LogP contribution is -2.21. The van der Waals surface area contributed by atoms with E-state index in [1.165, 1.54) is 6.92 Å². The maximum Gasteiger partial charge on any atom is 0.254 e. The zero-order valence-corrected chi connectivity index (χ0v) is 13.9. The lowest BCUT2D eigenvalue weighted by Gasteiger charge is -2.06. The molecule has 0 bridgehead atoms. The molecule has 0 aliphatic heterocycles. The van der Waals surface area contributed by atoms with Gasteiger partial charge in [0, 0.05) is 12.3 Å². The number of nitrogens with one attached hydrogen (secondary N) is 1. The molecule has 0 saturated carbocycles. The van der Waals surface area contributed by atoms with Gasteiger partial charge in [-0.2, -0.15) is 0 Å². The molecule has 2 amide bonds. The Kier molecular flexibility index (Phi) is 4.35. The van der Waals surface area contributed by atoms with Gasteiger partial charge in [0.25, 0.3) is 5.91 Å². The van der Waals surface area contributed by atoms with Gasteiger partial charge in [-0.3, -0.25) is 9.59 Å². The highest BCUT2D eigenvalue weighted by Gasteiger charge is 2.11. The third-order valence-electron chi connectivity index (χ3n) is 3.60. The van der Waals surface area contributed by atoms with E-state index in [0.717, 1.165) is 10.9 Å². The fourth-order valence-electron chi connectivity index (χ4n) is 2.49. The van der Waals surface area contributed by atoms with E-state index in [1.54, 1.807) is 30.3 Å². The van der Waals surface area contributed by atoms with E-state index < -0.39 is 5.91 Å². The van der Waals surface area contributed by atoms with Gasteiger partial charge >= 0.3 is 0 Å². The minimum atomic E-state index is -0.636. The predicted molar refractivity (Wildman–Crippen MR) is 95.4 cm³/mol. The molecule has 6 heteroatoms. The highest BCUT2D eigenvalue weighted by molar-refractivity contribution is 5.96. The second kappa shape index (κ2) is 6.60. The van der Waals surface area contributed by atoms with Gasteiger partial charge in [-0.05, 0) is 37.3 Å². The smallest absolute Gasteiger partial charge is 0.254 e. The van der Waals surface area contributed by atoms with E-state index in [9.17, 15) is 9.59 Å². The van der Waals surface area contributed by atoms with Crippen LogP contribution in [0.25, 0.3) is 11.0 Å². The Bertz CT molecular complexity index is 1050. The van der Waals surface area contributed by atoms with Crippen LogP contribution in [0.2, 0.25) is 0 Å². The van der Waals surface area contributed by atoms with Crippen molar-refractivity contribution in [2.24, 2.45) is 10.7 Å². The molecular formula is C19H17N3O3. The molecule has 1 aromatic heterocycles. The van der Waals surface area contributed by atoms with E-state index in [0.29, 0.717) is 17.0 Å². The molecule has 0 spiro atoms. The number of carbonyl (C=O) groups excluding carboxylic acids is 2. The number of para-hydroxylation sites is 2. The molecule has 0 aliphatic rings. The number of rotatable bonds is 3. The SMILES string of the molecule is CC(=O)Nc1ccccc1N=c1oc2ccc(C)cc2cc1C(N)=O. The van der Waals surface area contributed by atoms with Crippen LogP contribution in [0.4, 0.5) is 11.4 Å². The number of nitrogens with two attached hydrogens (primary N) is 1. The van der Waals surface area contributed by atoms with Crippen molar-refractivity contribution in [2.75, 3.05) is 5.32 Å². The van der Waals surface area contributed by atoms with Crippen molar-refractivity contribution in [1.29, 1.82) is 0 Å². The number of aryl methyl sites for hydroxylation is 1. The summed E-state index contributed by atoms with van der Waals surface area (Å²) in [6, 6.07) is 14.3. The Morgan fingerprint density at radius 2 is 1.88 bits per heavy atom. The number of carbonyl (C=O) groups is 2. The van der Waals surface area contributed by atoms with E-state index >= 15 is 0 Å². The van der Waals surface area contributed by atoms with Crippen LogP contribution in [-0.2, 0) is 4.79 Å². The van der Waals surface area contributed by atoms with Crippen molar-refractivity contribution in [2.45, 2.75) is 13.8 Å². The lowest BCUT2D eigenvalue weighted by atomic mass is 10.1. The molecule has 2 aromatic carbocycles. The predicted octanol–water partition coefficient (Wildman–Crippen LogP) is 3.03. The summed E-state index contributed by atoms with van der Waals surface area (Å²) in [5, 5.41) is 3.46. The summed E-state index contributed by atoms with van der Waals surface area (Å²) in [7, 11) is 0. The maximum atomic E-state index is 11.8. The van der Waals surface area contributed by atoms with Crippen molar-refractivity contribution in [3.63, 3.8) is 0 Å². The topological polar surface area (TPSA) is 97.7 Å². The molecule has 1 heterocycles. The van der Waals surface area contributed by atoms with Gasteiger partial charge in [0.1, 0.15) is 11.1 Å². The van der Waals surface area contributed by atoms with Crippen molar-refractivity contribution >= 4 is 34.2 Å². The number of primary amides is 1. The molecule has 0 unspecified atom stereocenters. The van der Waals surface area contributed by atoms with E-state index in [2.05, 4.69) is 10.3 Å². The van der Waals surface area contributed by atoms with Gasteiger partial charge in [0.05, 0.1) is 11.4 Å². The Hall–Kier alpha value is -3.41. The molecule has 6 nitrogen and oxygen atoms in total. The van der Waals surface area contributed by atoms with E-state index in [1.807, 2.05) is 25.1 Å². The highest BCUT2D eigenvalue weighted by Crippen LogP contribution is 2.24. The Morgan fingerprint density at radius 1 is 1.12 bits per heavy atom. The van der Waals surface area contributed by atoms with E-state index in [-0.39, 0.29) is 17.0 Å². The van der Waals surface area contributed by atoms with Gasteiger partial charge in [-0.15, -0.1) is 0 Å². The number of nitrogens with zero attached hydrogens (tertiary/aromatic N) is 1. The average molecular weight is 335 g/mol. The van der Waals surface area contributed by atoms with Gasteiger partial charge in [-0.1, -0.05) is 23.8 Å². The molecule has 3 N–H and O–H groups in total. The van der Waals surface area contributed by atoms with Crippen LogP contribution < -0.4 is 16.6 Å². The number of fused-ring (bicyclic) bond motifs is 1. The van der Waals surface area contributed by atoms with Gasteiger partial charge in [-0.25, -0.2) is 4.99 Å². The zero-order chi connectivity index (χ0) is 18.0. The van der Waals surface area contributed by atoms with Gasteiger partial charge in [0.15, 0.2) is 0 Å². The fourth-order valence-corrected chi connectivity index (χ4v) is 2.49. The van der Waals surface area contributed by atoms with Crippen molar-refractivity contribution in [3.05, 3.63) is 65.2 Å². The van der Waals surface area contributed by atoms with Crippen molar-refractivity contribution < 1.29 is 14.0 Å². The molecule has 25 heavy (non-hydrogen) atoms. The number of benzene rings is 2. The quantitative estimate of drug-likeness (QED) is 0.769. The molecule has 126 valence electrons. The number of hydrogen-bond donors (Lipinski definition) is 2. The first-order chi connectivity index (χ1) is 11.9. The highest BCUT2D eigenvalue weighted by atomic mass is 16.3. The maximum absolute atomic E-state index is 11.8. The monoisotopic (exact) mass is 335 g/mol. The van der Waals surface area contributed by atoms with Crippen LogP contribution in [0, 0.1) is 6.92 Å². The van der Waals surface area contributed by atoms with Gasteiger partial charge in [0.2, 0.25) is 11.5 Å². The minimum Gasteiger partial charge on any atom is -0.438 e. The minimum absolute atomic E-state index is 0.0988. The van der Waals surface area contributed by atoms with Gasteiger partial charge < -0.3 is 15.5 Å². The molecule has 0 radical (unpaired) electrons. The molecular weight excluding hydrogens is 318 g/mol. The Morgan fingerprint density at radius 3 is 2.60 bits per heavy atom. The summed E-state index contributed by atoms with van der Waals surface area (Å²) < 4.78 is 5.79. The summed E-state index contributed by atoms with van der Waals surface area (Å²) in [4.78, 5) is 27.6. The van der Waals surface area contributed by atoms with Crippen LogP contribution in [-0.4, -0.2) is 11.8 Å². The van der Waals surface area contributed by atoms with Crippen LogP contribution in [0.1, 0.15) is 22.8 Å². The first-order valence-corrected chi connectivity index (χ1v) is 7.70. The van der Waals surface area contributed by atoms with Crippen LogP contribution in [0.5, 0.6) is 0 Å². The van der Waals surface area contributed by atoms with E-state index in [4.69, 9.17) is 10.2 Å². The second-order valence-electron chi connectivity index (χ2n) is 5.68. The molecule has 0 aliphatic carbocycles. The molecule has 0 atom stereocenters. The van der Waals surface area contributed by atoms with Crippen LogP contribution >= 0.6 is 0 Å². The first-order valence-electron chi connectivity index (χ1n) is 7.70. The standard InChI is InChI=1S/C19H17N3O3/c1-11-7-8-17-13(9-11)10-14(18(20)24)19(25-17)22-16-6-4-3-5-15(16)21-12(2)23/h3-10H,1-2H3,(H2,20,24)(H,21,23). The molecule has 0 saturated heterocycles. The van der Waals surface area contributed by atoms with Crippen molar-refractivity contribution in [1.82, 2.24) is 0 Å². The summed E-state index contributed by atoms with van der Waals surface area (Å²) in [5.41, 5.74) is 8.38. The third kappa shape index (κ3) is 3.58. The Balaban J connectivity index is 2.26. The first kappa shape index (κ1) is 16.4. The molecule has 0 fully saturated rings. The second-order valence-corrected chi connectivity index (χ2v) is 5.68. The number of anilines is 1. The zero-order valence-electron chi connectivity index (χ0n) is 13.9. The summed E-state index contributed by atoms with van der Waals surface area (Å²) in [6.45, 7) is 3.36. The van der Waals surface area contributed by atoms with Crippen molar-refractivity contribution in [3.8, 4) is 0 Å². The largest absolute Gasteiger partial charge is 0.438 e. The number of hydrogen-bond acceptors (Lipinski definition) is 4. The fraction of sp³-hybridized carbons (Fsp3) is 0.105. The number of amides is 2. The van der Waals surface area contributed by atoms with Crippen LogP contribution in [0.15, 0.2) is 57.9 Å².